The Morgan fingerprint density at radius 1 is 1.16 bits per heavy atom. The molecule has 2 heterocycles. The fourth-order valence-corrected chi connectivity index (χ4v) is 2.23. The first-order valence-corrected chi connectivity index (χ1v) is 6.26. The highest BCUT2D eigenvalue weighted by Crippen LogP contribution is 2.20. The molecule has 3 rings (SSSR count). The Kier molecular flexibility index (Phi) is 2.80. The van der Waals surface area contributed by atoms with Gasteiger partial charge in [0.05, 0.1) is 17.3 Å². The van der Waals surface area contributed by atoms with E-state index in [0.717, 1.165) is 18.8 Å². The average molecular weight is 254 g/mol. The molecule has 2 aromatic rings. The maximum atomic E-state index is 8.79. The number of nitrogen functional groups attached to an aromatic ring is 1. The molecule has 1 aromatic carbocycles. The second-order valence-corrected chi connectivity index (χ2v) is 4.53. The van der Waals surface area contributed by atoms with Crippen molar-refractivity contribution in [3.05, 3.63) is 29.8 Å². The first-order chi connectivity index (χ1) is 9.28. The first kappa shape index (κ1) is 11.5. The highest BCUT2D eigenvalue weighted by Gasteiger charge is 2.18. The standard InChI is InChI=1S/C13H14N6/c14-9-10-3-5-11(6-4-10)19-12(15)16-13(17-19)18-7-1-2-8-18/h3-6H,1-2,7-8H2,(H2,15,16,17). The van der Waals surface area contributed by atoms with E-state index in [1.54, 1.807) is 16.8 Å². The maximum absolute atomic E-state index is 8.79. The number of nitrogens with zero attached hydrogens (tertiary/aromatic N) is 5. The van der Waals surface area contributed by atoms with Crippen LogP contribution in [0, 0.1) is 11.3 Å². The molecule has 96 valence electrons. The number of rotatable bonds is 2. The van der Waals surface area contributed by atoms with Gasteiger partial charge >= 0.3 is 0 Å². The SMILES string of the molecule is N#Cc1ccc(-n2nc(N3CCCC3)nc2N)cc1. The summed E-state index contributed by atoms with van der Waals surface area (Å²) in [7, 11) is 0. The van der Waals surface area contributed by atoms with Crippen LogP contribution in [0.3, 0.4) is 0 Å². The van der Waals surface area contributed by atoms with Gasteiger partial charge in [-0.05, 0) is 37.1 Å². The van der Waals surface area contributed by atoms with Gasteiger partial charge in [-0.3, -0.25) is 0 Å². The quantitative estimate of drug-likeness (QED) is 0.873. The molecule has 0 atom stereocenters. The topological polar surface area (TPSA) is 83.8 Å². The number of nitrogens with two attached hydrogens (primary N) is 1. The number of benzene rings is 1. The molecule has 19 heavy (non-hydrogen) atoms. The molecule has 1 saturated heterocycles. The van der Waals surface area contributed by atoms with E-state index in [-0.39, 0.29) is 0 Å². The zero-order chi connectivity index (χ0) is 13.2. The molecule has 1 fully saturated rings. The molecule has 1 aliphatic rings. The van der Waals surface area contributed by atoms with Crippen LogP contribution in [-0.4, -0.2) is 27.9 Å². The Hall–Kier alpha value is -2.55. The predicted octanol–water partition coefficient (Wildman–Crippen LogP) is 1.32. The van der Waals surface area contributed by atoms with Gasteiger partial charge in [-0.2, -0.15) is 14.9 Å². The lowest BCUT2D eigenvalue weighted by molar-refractivity contribution is 0.847. The monoisotopic (exact) mass is 254 g/mol. The van der Waals surface area contributed by atoms with E-state index in [2.05, 4.69) is 21.1 Å². The van der Waals surface area contributed by atoms with Crippen molar-refractivity contribution >= 4 is 11.9 Å². The molecule has 0 amide bonds. The van der Waals surface area contributed by atoms with E-state index in [1.165, 1.54) is 12.8 Å². The second kappa shape index (κ2) is 4.61. The fraction of sp³-hybridized carbons (Fsp3) is 0.308. The highest BCUT2D eigenvalue weighted by molar-refractivity contribution is 5.45. The second-order valence-electron chi connectivity index (χ2n) is 4.53. The van der Waals surface area contributed by atoms with E-state index in [1.807, 2.05) is 12.1 Å². The summed E-state index contributed by atoms with van der Waals surface area (Å²) in [5.41, 5.74) is 7.34. The van der Waals surface area contributed by atoms with E-state index in [9.17, 15) is 0 Å². The number of nitriles is 1. The van der Waals surface area contributed by atoms with Gasteiger partial charge in [0.1, 0.15) is 0 Å². The van der Waals surface area contributed by atoms with Crippen molar-refractivity contribution < 1.29 is 0 Å². The van der Waals surface area contributed by atoms with Crippen molar-refractivity contribution in [2.24, 2.45) is 0 Å². The van der Waals surface area contributed by atoms with Crippen LogP contribution in [0.1, 0.15) is 18.4 Å². The van der Waals surface area contributed by atoms with Crippen molar-refractivity contribution in [1.29, 1.82) is 5.26 Å². The minimum Gasteiger partial charge on any atom is -0.368 e. The van der Waals surface area contributed by atoms with Crippen LogP contribution in [0.2, 0.25) is 0 Å². The number of aromatic nitrogens is 3. The Balaban J connectivity index is 1.93. The molecular weight excluding hydrogens is 240 g/mol. The zero-order valence-electron chi connectivity index (χ0n) is 10.5. The van der Waals surface area contributed by atoms with Gasteiger partial charge in [0, 0.05) is 13.1 Å². The van der Waals surface area contributed by atoms with E-state index < -0.39 is 0 Å². The van der Waals surface area contributed by atoms with Crippen LogP contribution in [0.25, 0.3) is 5.69 Å². The lowest BCUT2D eigenvalue weighted by Gasteiger charge is -2.10. The summed E-state index contributed by atoms with van der Waals surface area (Å²) in [6, 6.07) is 9.20. The molecule has 0 saturated carbocycles. The molecular formula is C13H14N6. The van der Waals surface area contributed by atoms with Gasteiger partial charge in [0.15, 0.2) is 0 Å². The molecule has 1 aliphatic heterocycles. The van der Waals surface area contributed by atoms with E-state index in [0.29, 0.717) is 17.5 Å². The summed E-state index contributed by atoms with van der Waals surface area (Å²) in [5, 5.41) is 13.2. The summed E-state index contributed by atoms with van der Waals surface area (Å²) in [6.45, 7) is 1.97. The van der Waals surface area contributed by atoms with Crippen molar-refractivity contribution in [2.45, 2.75) is 12.8 Å². The van der Waals surface area contributed by atoms with Crippen molar-refractivity contribution in [3.63, 3.8) is 0 Å². The van der Waals surface area contributed by atoms with E-state index >= 15 is 0 Å². The summed E-state index contributed by atoms with van der Waals surface area (Å²) < 4.78 is 1.61. The molecule has 1 aromatic heterocycles. The fourth-order valence-electron chi connectivity index (χ4n) is 2.23. The smallest absolute Gasteiger partial charge is 0.246 e. The van der Waals surface area contributed by atoms with Crippen molar-refractivity contribution in [1.82, 2.24) is 14.8 Å². The molecule has 2 N–H and O–H groups in total. The van der Waals surface area contributed by atoms with Gasteiger partial charge in [-0.1, -0.05) is 0 Å². The number of hydrogen-bond donors (Lipinski definition) is 1. The number of anilines is 2. The molecule has 6 nitrogen and oxygen atoms in total. The van der Waals surface area contributed by atoms with Crippen LogP contribution in [-0.2, 0) is 0 Å². The summed E-state index contributed by atoms with van der Waals surface area (Å²) in [5.74, 6) is 1.05. The van der Waals surface area contributed by atoms with Gasteiger partial charge < -0.3 is 10.6 Å². The first-order valence-electron chi connectivity index (χ1n) is 6.26. The Bertz CT molecular complexity index is 616. The molecule has 0 bridgehead atoms. The van der Waals surface area contributed by atoms with Gasteiger partial charge in [-0.25, -0.2) is 0 Å². The summed E-state index contributed by atoms with van der Waals surface area (Å²) >= 11 is 0. The Morgan fingerprint density at radius 2 is 1.84 bits per heavy atom. The maximum Gasteiger partial charge on any atom is 0.246 e. The van der Waals surface area contributed by atoms with Crippen LogP contribution in [0.5, 0.6) is 0 Å². The highest BCUT2D eigenvalue weighted by atomic mass is 15.5. The lowest BCUT2D eigenvalue weighted by atomic mass is 10.2. The number of hydrogen-bond acceptors (Lipinski definition) is 5. The summed E-state index contributed by atoms with van der Waals surface area (Å²) in [6.07, 6.45) is 2.34. The minimum atomic E-state index is 0.367. The molecule has 0 unspecified atom stereocenters. The van der Waals surface area contributed by atoms with Crippen LogP contribution >= 0.6 is 0 Å². The Morgan fingerprint density at radius 3 is 2.47 bits per heavy atom. The third-order valence-corrected chi connectivity index (χ3v) is 3.25. The zero-order valence-corrected chi connectivity index (χ0v) is 10.5. The van der Waals surface area contributed by atoms with Gasteiger partial charge in [-0.15, -0.1) is 5.10 Å². The van der Waals surface area contributed by atoms with Gasteiger partial charge in [0.2, 0.25) is 11.9 Å². The van der Waals surface area contributed by atoms with Crippen LogP contribution < -0.4 is 10.6 Å². The third kappa shape index (κ3) is 2.10. The van der Waals surface area contributed by atoms with Crippen LogP contribution in [0.4, 0.5) is 11.9 Å². The largest absolute Gasteiger partial charge is 0.368 e. The summed E-state index contributed by atoms with van der Waals surface area (Å²) in [4.78, 5) is 6.44. The molecule has 0 spiro atoms. The lowest BCUT2D eigenvalue weighted by Crippen LogP contribution is -2.19. The molecule has 6 heteroatoms. The minimum absolute atomic E-state index is 0.367. The van der Waals surface area contributed by atoms with E-state index in [4.69, 9.17) is 11.0 Å². The average Bonchev–Trinajstić information content (AvgIpc) is 3.08. The van der Waals surface area contributed by atoms with Crippen molar-refractivity contribution in [2.75, 3.05) is 23.7 Å². The Labute approximate surface area is 111 Å². The van der Waals surface area contributed by atoms with Crippen molar-refractivity contribution in [3.8, 4) is 11.8 Å². The normalized spacial score (nSPS) is 14.6. The molecule has 0 aliphatic carbocycles. The van der Waals surface area contributed by atoms with Crippen LogP contribution in [0.15, 0.2) is 24.3 Å². The predicted molar refractivity (Wildman–Crippen MR) is 71.9 cm³/mol. The molecule has 0 radical (unpaired) electrons. The van der Waals surface area contributed by atoms with Gasteiger partial charge in [0.25, 0.3) is 0 Å². The third-order valence-electron chi connectivity index (χ3n) is 3.25.